The van der Waals surface area contributed by atoms with Crippen LogP contribution >= 0.6 is 15.9 Å². The van der Waals surface area contributed by atoms with Crippen molar-refractivity contribution >= 4 is 39.1 Å². The van der Waals surface area contributed by atoms with Crippen molar-refractivity contribution in [1.82, 2.24) is 0 Å². The number of methoxy groups -OCH3 is 2. The van der Waals surface area contributed by atoms with E-state index >= 15 is 0 Å². The minimum Gasteiger partial charge on any atom is -0.493 e. The molecular weight excluding hydrogens is 490 g/mol. The Morgan fingerprint density at radius 2 is 2.00 bits per heavy atom. The number of fused-ring (bicyclic) bond motifs is 1. The molecule has 1 aliphatic heterocycles. The highest BCUT2D eigenvalue weighted by molar-refractivity contribution is 9.10. The summed E-state index contributed by atoms with van der Waals surface area (Å²) in [6.45, 7) is 0.256. The zero-order valence-corrected chi connectivity index (χ0v) is 20.7. The van der Waals surface area contributed by atoms with Crippen LogP contribution in [0.3, 0.4) is 0 Å². The Kier molecular flexibility index (Phi) is 6.86. The highest BCUT2D eigenvalue weighted by Crippen LogP contribution is 2.49. The first-order chi connectivity index (χ1) is 15.5. The second-order valence-corrected chi connectivity index (χ2v) is 9.59. The van der Waals surface area contributed by atoms with Crippen LogP contribution in [0.25, 0.3) is 0 Å². The molecule has 0 radical (unpaired) electrons. The number of quaternary nitrogens is 1. The number of nitrogens with one attached hydrogen (secondary N) is 2. The summed E-state index contributed by atoms with van der Waals surface area (Å²) in [4.78, 5) is 12.4. The highest BCUT2D eigenvalue weighted by atomic mass is 79.9. The summed E-state index contributed by atoms with van der Waals surface area (Å²) in [7, 11) is 8.80. The molecule has 174 valence electrons. The van der Waals surface area contributed by atoms with E-state index in [0.717, 1.165) is 5.56 Å². The maximum absolute atomic E-state index is 12.4. The van der Waals surface area contributed by atoms with E-state index in [4.69, 9.17) is 25.4 Å². The maximum atomic E-state index is 12.4. The van der Waals surface area contributed by atoms with Crippen molar-refractivity contribution in [2.45, 2.75) is 5.92 Å². The molecule has 0 aliphatic carbocycles. The zero-order valence-electron chi connectivity index (χ0n) is 19.2. The summed E-state index contributed by atoms with van der Waals surface area (Å²) in [6, 6.07) is 9.22. The summed E-state index contributed by atoms with van der Waals surface area (Å²) >= 11 is 3.49. The summed E-state index contributed by atoms with van der Waals surface area (Å²) in [5.74, 6) is -0.577. The molecule has 1 aliphatic rings. The Morgan fingerprint density at radius 1 is 1.30 bits per heavy atom. The number of anilines is 2. The number of nitrogen functional groups attached to an aromatic ring is 1. The number of amides is 1. The van der Waals surface area contributed by atoms with Crippen LogP contribution in [0.1, 0.15) is 17.0 Å². The molecule has 1 heterocycles. The molecule has 9 nitrogen and oxygen atoms in total. The topological polar surface area (TPSA) is 130 Å². The summed E-state index contributed by atoms with van der Waals surface area (Å²) in [5.41, 5.74) is 8.31. The first-order valence-electron chi connectivity index (χ1n) is 10.1. The zero-order chi connectivity index (χ0) is 24.5. The lowest BCUT2D eigenvalue weighted by Gasteiger charge is -2.32. The van der Waals surface area contributed by atoms with E-state index in [1.165, 1.54) is 14.2 Å². The number of nitriles is 1. The van der Waals surface area contributed by atoms with E-state index < -0.39 is 11.8 Å². The highest BCUT2D eigenvalue weighted by Gasteiger charge is 2.39. The van der Waals surface area contributed by atoms with Gasteiger partial charge in [-0.15, -0.1) is 0 Å². The predicted molar refractivity (Wildman–Crippen MR) is 129 cm³/mol. The molecule has 2 aromatic carbocycles. The number of carbonyl (C=O) groups excluding carboxylic acids is 1. The molecule has 0 bridgehead atoms. The Labute approximate surface area is 201 Å². The first kappa shape index (κ1) is 24.4. The minimum atomic E-state index is -0.875. The number of hydrogen-bond donors (Lipinski definition) is 3. The van der Waals surface area contributed by atoms with Crippen molar-refractivity contribution < 1.29 is 23.5 Å². The number of hydrogen-bond acceptors (Lipinski definition) is 7. The van der Waals surface area contributed by atoms with Crippen LogP contribution in [0.2, 0.25) is 0 Å². The Bertz CT molecular complexity index is 1150. The van der Waals surface area contributed by atoms with Gasteiger partial charge in [0.15, 0.2) is 23.8 Å². The molecule has 10 heteroatoms. The van der Waals surface area contributed by atoms with Crippen LogP contribution in [-0.4, -0.2) is 58.2 Å². The van der Waals surface area contributed by atoms with Gasteiger partial charge in [-0.1, -0.05) is 6.07 Å². The van der Waals surface area contributed by atoms with Crippen molar-refractivity contribution in [3.63, 3.8) is 0 Å². The molecule has 0 fully saturated rings. The fourth-order valence-corrected chi connectivity index (χ4v) is 4.45. The molecule has 0 aromatic heterocycles. The number of ether oxygens (including phenoxy) is 3. The second-order valence-electron chi connectivity index (χ2n) is 8.73. The lowest BCUT2D eigenvalue weighted by molar-refractivity contribution is -0.861. The minimum absolute atomic E-state index is 0.199. The second kappa shape index (κ2) is 9.29. The molecule has 4 N–H and O–H groups in total. The van der Waals surface area contributed by atoms with Crippen LogP contribution in [0.5, 0.6) is 17.2 Å². The molecule has 2 atom stereocenters. The third-order valence-electron chi connectivity index (χ3n) is 5.24. The van der Waals surface area contributed by atoms with E-state index in [-0.39, 0.29) is 29.8 Å². The van der Waals surface area contributed by atoms with Gasteiger partial charge < -0.3 is 29.7 Å². The molecular formula is C23H27BrN5O4+. The van der Waals surface area contributed by atoms with Gasteiger partial charge in [-0.3, -0.25) is 10.2 Å². The third-order valence-corrected chi connectivity index (χ3v) is 5.82. The Hall–Kier alpha value is -3.29. The number of carbonyl (C=O) groups is 1. The molecule has 0 saturated heterocycles. The average molecular weight is 517 g/mol. The molecule has 0 saturated carbocycles. The van der Waals surface area contributed by atoms with Gasteiger partial charge in [0.1, 0.15) is 5.92 Å². The molecule has 1 amide bonds. The van der Waals surface area contributed by atoms with E-state index in [2.05, 4.69) is 27.3 Å². The van der Waals surface area contributed by atoms with Gasteiger partial charge >= 0.3 is 0 Å². The van der Waals surface area contributed by atoms with Crippen molar-refractivity contribution in [3.05, 3.63) is 39.9 Å². The van der Waals surface area contributed by atoms with Gasteiger partial charge in [-0.25, -0.2) is 0 Å². The fraction of sp³-hybridized carbons (Fsp3) is 0.348. The van der Waals surface area contributed by atoms with E-state index in [0.29, 0.717) is 31.7 Å². The van der Waals surface area contributed by atoms with E-state index in [1.807, 2.05) is 27.2 Å². The van der Waals surface area contributed by atoms with Gasteiger partial charge in [0.25, 0.3) is 5.91 Å². The number of nitrogens with two attached hydrogens (primary N) is 1. The molecule has 3 rings (SSSR count). The van der Waals surface area contributed by atoms with Gasteiger partial charge in [-0.2, -0.15) is 5.26 Å². The number of rotatable bonds is 6. The predicted octanol–water partition coefficient (Wildman–Crippen LogP) is 3.33. The number of halogens is 1. The summed E-state index contributed by atoms with van der Waals surface area (Å²) < 4.78 is 17.6. The standard InChI is InChI=1S/C23H26BrN5O4/c1-29(2,3)11-18(30)28-16-7-6-13-19(14(10-25)23(27)33-21(13)20(16)26)12-8-15(24)22(32-5)17(9-12)31-4/h6-9,14,19,27H,11,26H2,1-5H3/p+1. The van der Waals surface area contributed by atoms with Crippen molar-refractivity contribution in [2.75, 3.05) is 53.0 Å². The van der Waals surface area contributed by atoms with E-state index in [1.54, 1.807) is 18.2 Å². The Morgan fingerprint density at radius 3 is 2.58 bits per heavy atom. The van der Waals surface area contributed by atoms with Gasteiger partial charge in [0.05, 0.1) is 57.3 Å². The van der Waals surface area contributed by atoms with Crippen LogP contribution in [0.15, 0.2) is 28.7 Å². The quantitative estimate of drug-likeness (QED) is 0.398. The number of benzene rings is 2. The lowest BCUT2D eigenvalue weighted by atomic mass is 9.78. The summed E-state index contributed by atoms with van der Waals surface area (Å²) in [5, 5.41) is 21.0. The normalized spacial score (nSPS) is 17.4. The largest absolute Gasteiger partial charge is 0.493 e. The smallest absolute Gasteiger partial charge is 0.279 e. The van der Waals surface area contributed by atoms with E-state index in [9.17, 15) is 10.1 Å². The molecule has 2 aromatic rings. The van der Waals surface area contributed by atoms with Crippen molar-refractivity contribution in [2.24, 2.45) is 5.92 Å². The molecule has 33 heavy (non-hydrogen) atoms. The monoisotopic (exact) mass is 516 g/mol. The summed E-state index contributed by atoms with van der Waals surface area (Å²) in [6.07, 6.45) is 0. The number of nitrogens with zero attached hydrogens (tertiary/aromatic N) is 2. The van der Waals surface area contributed by atoms with Crippen LogP contribution < -0.4 is 25.3 Å². The van der Waals surface area contributed by atoms with Crippen molar-refractivity contribution in [1.29, 1.82) is 10.7 Å². The Balaban J connectivity index is 2.11. The van der Waals surface area contributed by atoms with Crippen LogP contribution in [-0.2, 0) is 4.79 Å². The first-order valence-corrected chi connectivity index (χ1v) is 10.9. The molecule has 2 unspecified atom stereocenters. The third kappa shape index (κ3) is 4.89. The van der Waals surface area contributed by atoms with Crippen LogP contribution in [0, 0.1) is 22.7 Å². The SMILES string of the molecule is COc1cc(C2c3ccc(NC(=O)C[N+](C)(C)C)c(N)c3OC(=N)C2C#N)cc(Br)c1OC. The molecule has 0 spiro atoms. The van der Waals surface area contributed by atoms with Gasteiger partial charge in [0, 0.05) is 11.5 Å². The fourth-order valence-electron chi connectivity index (χ4n) is 3.83. The van der Waals surface area contributed by atoms with Gasteiger partial charge in [0.2, 0.25) is 5.90 Å². The lowest BCUT2D eigenvalue weighted by Crippen LogP contribution is -2.41. The van der Waals surface area contributed by atoms with Crippen molar-refractivity contribution in [3.8, 4) is 23.3 Å². The number of likely N-dealkylation sites (N-methyl/N-ethyl adjacent to an activating group) is 1. The van der Waals surface area contributed by atoms with Crippen LogP contribution in [0.4, 0.5) is 11.4 Å². The van der Waals surface area contributed by atoms with Gasteiger partial charge in [-0.05, 0) is 39.7 Å². The maximum Gasteiger partial charge on any atom is 0.279 e. The average Bonchev–Trinajstić information content (AvgIpc) is 2.73.